The van der Waals surface area contributed by atoms with Crippen LogP contribution in [0, 0.1) is 22.7 Å². The third kappa shape index (κ3) is 4.39. The first-order valence-corrected chi connectivity index (χ1v) is 15.0. The molecular weight excluding hydrogens is 478 g/mol. The first-order chi connectivity index (χ1) is 18.3. The molecule has 0 aromatic carbocycles. The van der Waals surface area contributed by atoms with Crippen LogP contribution < -0.4 is 10.9 Å². The Kier molecular flexibility index (Phi) is 7.06. The molecule has 2 heterocycles. The van der Waals surface area contributed by atoms with Gasteiger partial charge in [-0.1, -0.05) is 24.6 Å². The molecule has 0 amide bonds. The van der Waals surface area contributed by atoms with Gasteiger partial charge >= 0.3 is 5.63 Å². The van der Waals surface area contributed by atoms with Crippen LogP contribution >= 0.6 is 0 Å². The maximum Gasteiger partial charge on any atom is 0.335 e. The molecule has 7 heteroatoms. The zero-order valence-electron chi connectivity index (χ0n) is 23.2. The molecule has 1 aromatic heterocycles. The molecule has 0 bridgehead atoms. The molecule has 4 fully saturated rings. The van der Waals surface area contributed by atoms with E-state index in [9.17, 15) is 9.90 Å². The van der Waals surface area contributed by atoms with Crippen LogP contribution in [0.4, 0.5) is 0 Å². The average Bonchev–Trinajstić information content (AvgIpc) is 3.21. The van der Waals surface area contributed by atoms with E-state index in [-0.39, 0.29) is 22.4 Å². The van der Waals surface area contributed by atoms with Crippen LogP contribution in [-0.4, -0.2) is 60.6 Å². The molecule has 2 unspecified atom stereocenters. The van der Waals surface area contributed by atoms with Gasteiger partial charge in [-0.15, -0.1) is 0 Å². The van der Waals surface area contributed by atoms with E-state index in [1.807, 2.05) is 6.07 Å². The Bertz CT molecular complexity index is 1120. The van der Waals surface area contributed by atoms with E-state index in [1.54, 1.807) is 6.26 Å². The van der Waals surface area contributed by atoms with Crippen molar-refractivity contribution in [2.75, 3.05) is 39.3 Å². The van der Waals surface area contributed by atoms with Gasteiger partial charge in [0.1, 0.15) is 6.61 Å². The van der Waals surface area contributed by atoms with Crippen LogP contribution in [0.25, 0.3) is 0 Å². The fourth-order valence-electron chi connectivity index (χ4n) is 9.13. The lowest BCUT2D eigenvalue weighted by Gasteiger charge is -2.61. The van der Waals surface area contributed by atoms with Gasteiger partial charge in [-0.05, 0) is 98.7 Å². The number of hydrogen-bond donors (Lipinski definition) is 2. The summed E-state index contributed by atoms with van der Waals surface area (Å²) in [7, 11) is 0. The van der Waals surface area contributed by atoms with Crippen molar-refractivity contribution in [3.63, 3.8) is 0 Å². The summed E-state index contributed by atoms with van der Waals surface area (Å²) in [6, 6.07) is 3.44. The van der Waals surface area contributed by atoms with Gasteiger partial charge in [-0.2, -0.15) is 0 Å². The largest absolute Gasteiger partial charge is 0.431 e. The number of aliphatic hydroxyl groups is 1. The molecule has 1 aromatic rings. The highest BCUT2D eigenvalue weighted by atomic mass is 16.6. The molecule has 6 atom stereocenters. The Labute approximate surface area is 226 Å². The topological polar surface area (TPSA) is 87.3 Å². The lowest BCUT2D eigenvalue weighted by molar-refractivity contribution is -0.176. The fourth-order valence-corrected chi connectivity index (χ4v) is 9.13. The van der Waals surface area contributed by atoms with Crippen molar-refractivity contribution in [3.8, 4) is 0 Å². The van der Waals surface area contributed by atoms with Gasteiger partial charge in [0, 0.05) is 44.2 Å². The molecule has 0 spiro atoms. The number of fused-ring (bicyclic) bond motifs is 5. The second kappa shape index (κ2) is 10.2. The highest BCUT2D eigenvalue weighted by molar-refractivity contribution is 5.96. The van der Waals surface area contributed by atoms with Gasteiger partial charge < -0.3 is 24.6 Å². The number of nitrogens with one attached hydrogen (secondary N) is 1. The van der Waals surface area contributed by atoms with Crippen molar-refractivity contribution < 1.29 is 14.4 Å². The summed E-state index contributed by atoms with van der Waals surface area (Å²) in [6.45, 7) is 10.9. The monoisotopic (exact) mass is 523 g/mol. The molecule has 2 N–H and O–H groups in total. The summed E-state index contributed by atoms with van der Waals surface area (Å²) in [5, 5.41) is 20.4. The summed E-state index contributed by atoms with van der Waals surface area (Å²) >= 11 is 0. The lowest BCUT2D eigenvalue weighted by Crippen LogP contribution is -2.60. The predicted molar refractivity (Wildman–Crippen MR) is 148 cm³/mol. The maximum atomic E-state index is 12.4. The molecule has 38 heavy (non-hydrogen) atoms. The van der Waals surface area contributed by atoms with Crippen LogP contribution in [0.2, 0.25) is 0 Å². The van der Waals surface area contributed by atoms with Crippen LogP contribution in [0.1, 0.15) is 83.1 Å². The zero-order valence-corrected chi connectivity index (χ0v) is 23.2. The van der Waals surface area contributed by atoms with Gasteiger partial charge in [0.15, 0.2) is 0 Å². The van der Waals surface area contributed by atoms with Crippen LogP contribution in [0.15, 0.2) is 44.4 Å². The minimum Gasteiger partial charge on any atom is -0.431 e. The molecule has 7 nitrogen and oxygen atoms in total. The third-order valence-electron chi connectivity index (χ3n) is 11.4. The molecule has 208 valence electrons. The van der Waals surface area contributed by atoms with Crippen LogP contribution in [0.5, 0.6) is 0 Å². The SMILES string of the molecule is C[C@]12CC/C(=N\OCCCN3CCNCC3)C=C1CCC1C2CC[C@]2(C)[C@@H](c3ccc(=O)oc3)CC[C@]12O. The molecule has 1 aliphatic heterocycles. The minimum absolute atomic E-state index is 0.124. The summed E-state index contributed by atoms with van der Waals surface area (Å²) in [5.41, 5.74) is 2.62. The molecule has 6 rings (SSSR count). The van der Waals surface area contributed by atoms with Crippen molar-refractivity contribution in [2.45, 2.75) is 83.2 Å². The smallest absolute Gasteiger partial charge is 0.335 e. The Balaban J connectivity index is 1.12. The molecule has 3 saturated carbocycles. The van der Waals surface area contributed by atoms with E-state index in [0.29, 0.717) is 18.4 Å². The van der Waals surface area contributed by atoms with Crippen LogP contribution in [0.3, 0.4) is 0 Å². The Morgan fingerprint density at radius 3 is 2.74 bits per heavy atom. The second-order valence-corrected chi connectivity index (χ2v) is 13.1. The van der Waals surface area contributed by atoms with Crippen molar-refractivity contribution in [1.82, 2.24) is 10.2 Å². The molecule has 5 aliphatic rings. The number of rotatable bonds is 6. The van der Waals surface area contributed by atoms with Crippen molar-refractivity contribution in [2.24, 2.45) is 27.8 Å². The standard InChI is InChI=1S/C31H45N3O4/c1-29-11-8-24(33-38-19-3-16-34-17-14-32-15-18-34)20-23(29)5-6-27-26(29)9-12-30(2)25(10-13-31(27,30)36)22-4-7-28(35)37-21-22/h4,7,20-21,25-27,32,36H,3,5-6,8-19H2,1-2H3/b33-24+/t25-,26?,27?,29+,30-,31+/m1/s1. The number of hydrogen-bond acceptors (Lipinski definition) is 7. The Morgan fingerprint density at radius 1 is 1.11 bits per heavy atom. The zero-order chi connectivity index (χ0) is 26.4. The van der Waals surface area contributed by atoms with E-state index >= 15 is 0 Å². The van der Waals surface area contributed by atoms with E-state index in [2.05, 4.69) is 35.3 Å². The number of allylic oxidation sites excluding steroid dienone is 2. The molecule has 4 aliphatic carbocycles. The fraction of sp³-hybridized carbons (Fsp3) is 0.742. The molecule has 1 saturated heterocycles. The third-order valence-corrected chi connectivity index (χ3v) is 11.4. The number of oxime groups is 1. The Morgan fingerprint density at radius 2 is 1.95 bits per heavy atom. The van der Waals surface area contributed by atoms with Crippen molar-refractivity contribution >= 4 is 5.71 Å². The van der Waals surface area contributed by atoms with Crippen molar-refractivity contribution in [1.29, 1.82) is 0 Å². The molecular formula is C31H45N3O4. The first-order valence-electron chi connectivity index (χ1n) is 15.0. The Hall–Kier alpha value is -1.96. The second-order valence-electron chi connectivity index (χ2n) is 13.1. The first kappa shape index (κ1) is 26.3. The summed E-state index contributed by atoms with van der Waals surface area (Å²) in [6.07, 6.45) is 13.0. The highest BCUT2D eigenvalue weighted by Gasteiger charge is 2.66. The van der Waals surface area contributed by atoms with Gasteiger partial charge in [0.05, 0.1) is 17.6 Å². The molecule has 0 radical (unpaired) electrons. The maximum absolute atomic E-state index is 12.4. The summed E-state index contributed by atoms with van der Waals surface area (Å²) in [5.74, 6) is 1.04. The van der Waals surface area contributed by atoms with Crippen LogP contribution in [-0.2, 0) is 4.84 Å². The van der Waals surface area contributed by atoms with Gasteiger partial charge in [-0.3, -0.25) is 0 Å². The minimum atomic E-state index is -0.673. The van der Waals surface area contributed by atoms with E-state index in [0.717, 1.165) is 102 Å². The van der Waals surface area contributed by atoms with Gasteiger partial charge in [0.2, 0.25) is 0 Å². The van der Waals surface area contributed by atoms with E-state index in [4.69, 9.17) is 9.25 Å². The van der Waals surface area contributed by atoms with E-state index < -0.39 is 5.60 Å². The number of nitrogens with zero attached hydrogens (tertiary/aromatic N) is 2. The number of piperazine rings is 1. The summed E-state index contributed by atoms with van der Waals surface area (Å²) in [4.78, 5) is 19.8. The predicted octanol–water partition coefficient (Wildman–Crippen LogP) is 4.47. The lowest BCUT2D eigenvalue weighted by atomic mass is 9.45. The van der Waals surface area contributed by atoms with Gasteiger partial charge in [-0.25, -0.2) is 4.79 Å². The normalized spacial score (nSPS) is 40.2. The van der Waals surface area contributed by atoms with Gasteiger partial charge in [0.25, 0.3) is 0 Å². The van der Waals surface area contributed by atoms with E-state index in [1.165, 1.54) is 11.6 Å². The summed E-state index contributed by atoms with van der Waals surface area (Å²) < 4.78 is 5.23. The van der Waals surface area contributed by atoms with Crippen molar-refractivity contribution in [3.05, 3.63) is 46.0 Å². The quantitative estimate of drug-likeness (QED) is 0.423. The average molecular weight is 524 g/mol. The highest BCUT2D eigenvalue weighted by Crippen LogP contribution is 2.69.